The number of anilines is 1. The highest BCUT2D eigenvalue weighted by molar-refractivity contribution is 6.05. The summed E-state index contributed by atoms with van der Waals surface area (Å²) in [6.07, 6.45) is 1.59. The van der Waals surface area contributed by atoms with Crippen LogP contribution in [0.3, 0.4) is 0 Å². The van der Waals surface area contributed by atoms with Crippen molar-refractivity contribution in [2.24, 2.45) is 0 Å². The van der Waals surface area contributed by atoms with Crippen molar-refractivity contribution in [2.75, 3.05) is 11.9 Å². The van der Waals surface area contributed by atoms with Gasteiger partial charge in [0.25, 0.3) is 5.91 Å². The monoisotopic (exact) mass is 390 g/mol. The Kier molecular flexibility index (Phi) is 6.12. The molecule has 150 valence electrons. The molecule has 0 aliphatic rings. The van der Waals surface area contributed by atoms with E-state index in [-0.39, 0.29) is 11.8 Å². The maximum Gasteiger partial charge on any atom is 0.259 e. The summed E-state index contributed by atoms with van der Waals surface area (Å²) in [5, 5.41) is 7.35. The van der Waals surface area contributed by atoms with E-state index in [9.17, 15) is 9.59 Å². The fourth-order valence-electron chi connectivity index (χ4n) is 3.29. The summed E-state index contributed by atoms with van der Waals surface area (Å²) >= 11 is 0. The second kappa shape index (κ2) is 8.73. The van der Waals surface area contributed by atoms with Crippen LogP contribution in [0.4, 0.5) is 5.69 Å². The third-order valence-electron chi connectivity index (χ3n) is 4.98. The molecule has 0 saturated heterocycles. The van der Waals surface area contributed by atoms with E-state index in [0.717, 1.165) is 22.5 Å². The van der Waals surface area contributed by atoms with Gasteiger partial charge in [0, 0.05) is 25.7 Å². The Morgan fingerprint density at radius 3 is 2.55 bits per heavy atom. The quantitative estimate of drug-likeness (QED) is 0.689. The molecule has 6 nitrogen and oxygen atoms in total. The summed E-state index contributed by atoms with van der Waals surface area (Å²) in [4.78, 5) is 26.2. The second-order valence-electron chi connectivity index (χ2n) is 7.03. The van der Waals surface area contributed by atoms with Gasteiger partial charge in [-0.1, -0.05) is 30.3 Å². The lowest BCUT2D eigenvalue weighted by atomic mass is 10.1. The number of hydrogen-bond acceptors (Lipinski definition) is 3. The average Bonchev–Trinajstić information content (AvgIpc) is 3.08. The van der Waals surface area contributed by atoms with Crippen molar-refractivity contribution < 1.29 is 9.59 Å². The Balaban J connectivity index is 1.79. The first kappa shape index (κ1) is 20.3. The van der Waals surface area contributed by atoms with Gasteiger partial charge < -0.3 is 10.2 Å². The Morgan fingerprint density at radius 2 is 1.86 bits per heavy atom. The normalized spacial score (nSPS) is 10.6. The lowest BCUT2D eigenvalue weighted by Crippen LogP contribution is -2.27. The van der Waals surface area contributed by atoms with Gasteiger partial charge >= 0.3 is 0 Å². The van der Waals surface area contributed by atoms with Gasteiger partial charge in [-0.05, 0) is 50.1 Å². The number of hydrogen-bond donors (Lipinski definition) is 1. The highest BCUT2D eigenvalue weighted by Crippen LogP contribution is 2.19. The van der Waals surface area contributed by atoms with Gasteiger partial charge in [0.15, 0.2) is 0 Å². The van der Waals surface area contributed by atoms with Crippen molar-refractivity contribution >= 4 is 17.5 Å². The predicted octanol–water partition coefficient (Wildman–Crippen LogP) is 4.11. The van der Waals surface area contributed by atoms with Crippen LogP contribution in [0.2, 0.25) is 0 Å². The molecule has 0 spiro atoms. The number of aryl methyl sites for hydroxylation is 1. The van der Waals surface area contributed by atoms with Gasteiger partial charge in [-0.2, -0.15) is 5.10 Å². The van der Waals surface area contributed by atoms with Crippen LogP contribution in [-0.2, 0) is 11.3 Å². The summed E-state index contributed by atoms with van der Waals surface area (Å²) in [7, 11) is 0. The first-order valence-electron chi connectivity index (χ1n) is 9.67. The molecule has 1 heterocycles. The molecule has 0 bridgehead atoms. The van der Waals surface area contributed by atoms with Gasteiger partial charge in [0.1, 0.15) is 0 Å². The van der Waals surface area contributed by atoms with Crippen LogP contribution in [0, 0.1) is 13.8 Å². The molecule has 0 aliphatic carbocycles. The molecule has 0 fully saturated rings. The molecular weight excluding hydrogens is 364 g/mol. The van der Waals surface area contributed by atoms with E-state index in [0.29, 0.717) is 24.3 Å². The molecule has 1 aromatic heterocycles. The van der Waals surface area contributed by atoms with Crippen LogP contribution in [0.15, 0.2) is 54.7 Å². The Hall–Kier alpha value is -3.41. The van der Waals surface area contributed by atoms with Crippen LogP contribution < -0.4 is 5.32 Å². The standard InChI is InChI=1S/C23H26N4O2/c1-5-26(18(4)28)15-19-10-8-11-20(13-19)25-23(29)21-14-24-27(17(21)3)22-12-7-6-9-16(22)2/h6-14H,5,15H2,1-4H3,(H,25,29). The molecule has 2 amide bonds. The van der Waals surface area contributed by atoms with Crippen LogP contribution in [-0.4, -0.2) is 33.0 Å². The molecule has 0 radical (unpaired) electrons. The van der Waals surface area contributed by atoms with Crippen LogP contribution >= 0.6 is 0 Å². The molecular formula is C23H26N4O2. The number of nitrogens with zero attached hydrogens (tertiary/aromatic N) is 3. The maximum absolute atomic E-state index is 12.8. The van der Waals surface area contributed by atoms with E-state index in [2.05, 4.69) is 10.4 Å². The first-order valence-corrected chi connectivity index (χ1v) is 9.67. The lowest BCUT2D eigenvalue weighted by molar-refractivity contribution is -0.129. The summed E-state index contributed by atoms with van der Waals surface area (Å²) in [6.45, 7) is 8.56. The zero-order chi connectivity index (χ0) is 21.0. The number of nitrogens with one attached hydrogen (secondary N) is 1. The third-order valence-corrected chi connectivity index (χ3v) is 4.98. The number of aromatic nitrogens is 2. The Bertz CT molecular complexity index is 1040. The zero-order valence-electron chi connectivity index (χ0n) is 17.3. The molecule has 3 rings (SSSR count). The fraction of sp³-hybridized carbons (Fsp3) is 0.261. The minimum absolute atomic E-state index is 0.0289. The van der Waals surface area contributed by atoms with Crippen molar-refractivity contribution in [3.8, 4) is 5.69 Å². The second-order valence-corrected chi connectivity index (χ2v) is 7.03. The molecule has 6 heteroatoms. The number of carbonyl (C=O) groups is 2. The summed E-state index contributed by atoms with van der Waals surface area (Å²) in [6, 6.07) is 15.5. The zero-order valence-corrected chi connectivity index (χ0v) is 17.3. The van der Waals surface area contributed by atoms with Crippen LogP contribution in [0.1, 0.15) is 41.0 Å². The smallest absolute Gasteiger partial charge is 0.259 e. The summed E-state index contributed by atoms with van der Waals surface area (Å²) < 4.78 is 1.78. The Labute approximate surface area is 171 Å². The topological polar surface area (TPSA) is 67.2 Å². The number of carbonyl (C=O) groups excluding carboxylic acids is 2. The highest BCUT2D eigenvalue weighted by Gasteiger charge is 2.16. The van der Waals surface area contributed by atoms with Crippen LogP contribution in [0.25, 0.3) is 5.69 Å². The fourth-order valence-corrected chi connectivity index (χ4v) is 3.29. The van der Waals surface area contributed by atoms with E-state index >= 15 is 0 Å². The lowest BCUT2D eigenvalue weighted by Gasteiger charge is -2.19. The summed E-state index contributed by atoms with van der Waals surface area (Å²) in [5.74, 6) is -0.181. The molecule has 29 heavy (non-hydrogen) atoms. The molecule has 0 unspecified atom stereocenters. The molecule has 0 aliphatic heterocycles. The van der Waals surface area contributed by atoms with Gasteiger partial charge in [-0.3, -0.25) is 9.59 Å². The molecule has 1 N–H and O–H groups in total. The maximum atomic E-state index is 12.8. The van der Waals surface area contributed by atoms with E-state index in [1.165, 1.54) is 0 Å². The van der Waals surface area contributed by atoms with E-state index in [1.54, 1.807) is 22.7 Å². The van der Waals surface area contributed by atoms with Gasteiger partial charge in [0.2, 0.25) is 5.91 Å². The molecule has 2 aromatic carbocycles. The van der Waals surface area contributed by atoms with Crippen molar-refractivity contribution in [3.05, 3.63) is 77.1 Å². The van der Waals surface area contributed by atoms with Crippen molar-refractivity contribution in [2.45, 2.75) is 34.2 Å². The third kappa shape index (κ3) is 4.54. The van der Waals surface area contributed by atoms with Crippen molar-refractivity contribution in [1.29, 1.82) is 0 Å². The van der Waals surface area contributed by atoms with Crippen LogP contribution in [0.5, 0.6) is 0 Å². The molecule has 0 saturated carbocycles. The molecule has 3 aromatic rings. The summed E-state index contributed by atoms with van der Waals surface area (Å²) in [5.41, 5.74) is 5.00. The molecule has 0 atom stereocenters. The van der Waals surface area contributed by atoms with E-state index in [1.807, 2.05) is 69.3 Å². The SMILES string of the molecule is CCN(Cc1cccc(NC(=O)c2cnn(-c3ccccc3C)c2C)c1)C(C)=O. The Morgan fingerprint density at radius 1 is 1.10 bits per heavy atom. The first-order chi connectivity index (χ1) is 13.9. The van der Waals surface area contributed by atoms with Gasteiger partial charge in [-0.25, -0.2) is 4.68 Å². The van der Waals surface area contributed by atoms with E-state index < -0.39 is 0 Å². The predicted molar refractivity (Wildman–Crippen MR) is 114 cm³/mol. The number of benzene rings is 2. The van der Waals surface area contributed by atoms with E-state index in [4.69, 9.17) is 0 Å². The van der Waals surface area contributed by atoms with Gasteiger partial charge in [0.05, 0.1) is 23.1 Å². The minimum atomic E-state index is -0.210. The number of rotatable bonds is 6. The number of amides is 2. The van der Waals surface area contributed by atoms with Gasteiger partial charge in [-0.15, -0.1) is 0 Å². The van der Waals surface area contributed by atoms with Crippen molar-refractivity contribution in [1.82, 2.24) is 14.7 Å². The van der Waals surface area contributed by atoms with Crippen molar-refractivity contribution in [3.63, 3.8) is 0 Å². The number of para-hydroxylation sites is 1. The minimum Gasteiger partial charge on any atom is -0.339 e. The largest absolute Gasteiger partial charge is 0.339 e. The average molecular weight is 390 g/mol. The highest BCUT2D eigenvalue weighted by atomic mass is 16.2.